The molecular formula is C8H8F5NS2. The number of aromatic nitrogens is 1. The largest absolute Gasteiger partial charge is 0.334 e. The fourth-order valence-corrected chi connectivity index (χ4v) is 2.86. The molecule has 0 saturated carbocycles. The molecule has 0 radical (unpaired) electrons. The Kier molecular flexibility index (Phi) is 2.53. The summed E-state index contributed by atoms with van der Waals surface area (Å²) in [6.07, 6.45) is 3.66. The van der Waals surface area contributed by atoms with Gasteiger partial charge in [0, 0.05) is 0 Å². The normalized spacial score (nSPS) is 19.4. The molecule has 16 heavy (non-hydrogen) atoms. The molecule has 0 aliphatic rings. The van der Waals surface area contributed by atoms with Crippen LogP contribution in [0.15, 0.2) is 17.0 Å². The smallest absolute Gasteiger partial charge is 0.222 e. The average Bonchev–Trinajstić information content (AvgIpc) is 2.45. The van der Waals surface area contributed by atoms with E-state index in [1.54, 1.807) is 0 Å². The summed E-state index contributed by atoms with van der Waals surface area (Å²) in [4.78, 5) is 2.92. The molecule has 0 unspecified atom stereocenters. The van der Waals surface area contributed by atoms with Crippen molar-refractivity contribution >= 4 is 33.7 Å². The van der Waals surface area contributed by atoms with Gasteiger partial charge in [0.2, 0.25) is 0 Å². The van der Waals surface area contributed by atoms with E-state index in [2.05, 4.69) is 11.6 Å². The molecule has 92 valence electrons. The Balaban J connectivity index is 3.68. The Bertz CT molecular complexity index is 539. The lowest BCUT2D eigenvalue weighted by Gasteiger charge is -2.37. The van der Waals surface area contributed by atoms with Gasteiger partial charge in [-0.1, -0.05) is 49.5 Å². The maximum Gasteiger partial charge on any atom is 0.334 e. The molecule has 1 aromatic heterocycles. The minimum atomic E-state index is -9.66. The second-order valence-corrected chi connectivity index (χ2v) is 6.50. The monoisotopic (exact) mass is 277 g/mol. The van der Waals surface area contributed by atoms with Gasteiger partial charge in [-0.05, 0) is 13.0 Å². The van der Waals surface area contributed by atoms with Gasteiger partial charge in [-0.3, -0.25) is 0 Å². The predicted molar refractivity (Wildman–Crippen MR) is 57.6 cm³/mol. The fraction of sp³-hybridized carbons (Fsp3) is 0.125. The highest BCUT2D eigenvalue weighted by Gasteiger charge is 2.68. The summed E-state index contributed by atoms with van der Waals surface area (Å²) in [6, 6.07) is 0. The second-order valence-electron chi connectivity index (χ2n) is 2.89. The molecule has 0 aromatic carbocycles. The molecule has 1 nitrogen and oxygen atoms in total. The van der Waals surface area contributed by atoms with Crippen molar-refractivity contribution in [1.29, 1.82) is 0 Å². The van der Waals surface area contributed by atoms with Gasteiger partial charge in [-0.25, -0.2) is 4.98 Å². The third-order valence-electron chi connectivity index (χ3n) is 1.53. The van der Waals surface area contributed by atoms with Crippen molar-refractivity contribution in [3.8, 4) is 0 Å². The molecular weight excluding hydrogens is 269 g/mol. The van der Waals surface area contributed by atoms with Crippen LogP contribution in [0.5, 0.6) is 0 Å². The Morgan fingerprint density at radius 3 is 2.19 bits per heavy atom. The van der Waals surface area contributed by atoms with Gasteiger partial charge >= 0.3 is 10.2 Å². The van der Waals surface area contributed by atoms with E-state index in [0.29, 0.717) is 0 Å². The zero-order chi connectivity index (χ0) is 12.7. The van der Waals surface area contributed by atoms with E-state index in [-0.39, 0.29) is 21.2 Å². The number of rotatable bonds is 2. The van der Waals surface area contributed by atoms with E-state index in [1.807, 2.05) is 0 Å². The Labute approximate surface area is 92.3 Å². The van der Waals surface area contributed by atoms with Crippen molar-refractivity contribution in [2.45, 2.75) is 11.3 Å². The molecule has 1 aromatic rings. The number of halogens is 5. The Morgan fingerprint density at radius 2 is 1.81 bits per heavy atom. The summed E-state index contributed by atoms with van der Waals surface area (Å²) in [7, 11) is -9.66. The first-order valence-corrected chi connectivity index (χ1v) is 6.75. The SMILES string of the molecule is C=C/C=c1/sc(S(F)(F)(F)(F)F)n/c1=C/C. The zero-order valence-corrected chi connectivity index (χ0v) is 9.73. The van der Waals surface area contributed by atoms with E-state index >= 15 is 0 Å². The molecule has 0 bridgehead atoms. The summed E-state index contributed by atoms with van der Waals surface area (Å²) in [5.41, 5.74) is 0. The first kappa shape index (κ1) is 13.2. The lowest BCUT2D eigenvalue weighted by Crippen LogP contribution is -2.20. The summed E-state index contributed by atoms with van der Waals surface area (Å²) in [6.45, 7) is 4.71. The van der Waals surface area contributed by atoms with E-state index in [4.69, 9.17) is 0 Å². The van der Waals surface area contributed by atoms with Crippen LogP contribution in [-0.4, -0.2) is 4.98 Å². The van der Waals surface area contributed by atoms with Gasteiger partial charge in [-0.2, -0.15) is 0 Å². The fourth-order valence-electron chi connectivity index (χ4n) is 0.921. The van der Waals surface area contributed by atoms with Crippen molar-refractivity contribution in [3.05, 3.63) is 22.5 Å². The predicted octanol–water partition coefficient (Wildman–Crippen LogP) is 3.57. The van der Waals surface area contributed by atoms with Crippen LogP contribution in [-0.2, 0) is 0 Å². The molecule has 0 aliphatic heterocycles. The van der Waals surface area contributed by atoms with Crippen molar-refractivity contribution in [1.82, 2.24) is 4.98 Å². The van der Waals surface area contributed by atoms with Crippen molar-refractivity contribution in [3.63, 3.8) is 0 Å². The minimum absolute atomic E-state index is 0.0146. The molecule has 0 amide bonds. The van der Waals surface area contributed by atoms with E-state index in [9.17, 15) is 19.4 Å². The number of thiazole rings is 1. The summed E-state index contributed by atoms with van der Waals surface area (Å²) >= 11 is -0.0784. The summed E-state index contributed by atoms with van der Waals surface area (Å²) in [5, 5.41) is -0.117. The van der Waals surface area contributed by atoms with Crippen LogP contribution in [0.4, 0.5) is 19.4 Å². The Morgan fingerprint density at radius 1 is 1.25 bits per heavy atom. The molecule has 0 spiro atoms. The summed E-state index contributed by atoms with van der Waals surface area (Å²) in [5.74, 6) is 0. The molecule has 0 fully saturated rings. The van der Waals surface area contributed by atoms with Crippen LogP contribution in [0.3, 0.4) is 0 Å². The van der Waals surface area contributed by atoms with Gasteiger partial charge in [0.25, 0.3) is 4.34 Å². The molecule has 0 saturated heterocycles. The van der Waals surface area contributed by atoms with E-state index in [0.717, 1.165) is 0 Å². The lowest BCUT2D eigenvalue weighted by molar-refractivity contribution is 0.363. The Hall–Kier alpha value is -0.890. The zero-order valence-electron chi connectivity index (χ0n) is 8.09. The van der Waals surface area contributed by atoms with Crippen LogP contribution >= 0.6 is 21.6 Å². The van der Waals surface area contributed by atoms with Gasteiger partial charge < -0.3 is 0 Å². The van der Waals surface area contributed by atoms with Crippen LogP contribution in [0, 0.1) is 0 Å². The molecule has 0 atom stereocenters. The minimum Gasteiger partial charge on any atom is -0.222 e. The molecule has 0 N–H and O–H groups in total. The average molecular weight is 277 g/mol. The van der Waals surface area contributed by atoms with Crippen LogP contribution in [0.25, 0.3) is 12.2 Å². The highest BCUT2D eigenvalue weighted by atomic mass is 32.5. The van der Waals surface area contributed by atoms with Gasteiger partial charge in [-0.15, -0.1) is 0 Å². The third kappa shape index (κ3) is 2.82. The van der Waals surface area contributed by atoms with Crippen molar-refractivity contribution in [2.75, 3.05) is 0 Å². The van der Waals surface area contributed by atoms with Crippen LogP contribution in [0.1, 0.15) is 6.92 Å². The maximum absolute atomic E-state index is 12.4. The van der Waals surface area contributed by atoms with Gasteiger partial charge in [0.15, 0.2) is 0 Å². The van der Waals surface area contributed by atoms with Gasteiger partial charge in [0.1, 0.15) is 0 Å². The van der Waals surface area contributed by atoms with Gasteiger partial charge in [0.05, 0.1) is 9.88 Å². The van der Waals surface area contributed by atoms with Crippen LogP contribution < -0.4 is 9.88 Å². The van der Waals surface area contributed by atoms with E-state index < -0.39 is 14.6 Å². The van der Waals surface area contributed by atoms with Crippen molar-refractivity contribution < 1.29 is 19.4 Å². The first-order chi connectivity index (χ1) is 6.97. The highest BCUT2D eigenvalue weighted by molar-refractivity contribution is 8.46. The summed E-state index contributed by atoms with van der Waals surface area (Å²) < 4.78 is 60.0. The maximum atomic E-state index is 12.4. The van der Waals surface area contributed by atoms with Crippen LogP contribution in [0.2, 0.25) is 0 Å². The molecule has 8 heteroatoms. The van der Waals surface area contributed by atoms with Crippen molar-refractivity contribution in [2.24, 2.45) is 0 Å². The number of hydrogen-bond acceptors (Lipinski definition) is 2. The third-order valence-corrected chi connectivity index (χ3v) is 4.31. The highest BCUT2D eigenvalue weighted by Crippen LogP contribution is 3.02. The topological polar surface area (TPSA) is 12.9 Å². The number of allylic oxidation sites excluding steroid dienone is 1. The first-order valence-electron chi connectivity index (χ1n) is 3.98. The molecule has 0 aliphatic carbocycles. The molecule has 1 rings (SSSR count). The molecule has 1 heterocycles. The number of nitrogens with zero attached hydrogens (tertiary/aromatic N) is 1. The quantitative estimate of drug-likeness (QED) is 0.753. The second kappa shape index (κ2) is 3.07. The standard InChI is InChI=1S/C8H8F5NS2/c1-3-5-7-6(4-2)14-8(15-7)16(9,10,11,12)13/h3-5H,1H2,2H3/b6-4+,7-5+. The lowest BCUT2D eigenvalue weighted by atomic mass is 10.5. The van der Waals surface area contributed by atoms with E-state index in [1.165, 1.54) is 25.2 Å². The number of hydrogen-bond donors (Lipinski definition) is 0.